The maximum atomic E-state index is 12.0. The normalized spacial score (nSPS) is 11.6. The van der Waals surface area contributed by atoms with Gasteiger partial charge in [-0.25, -0.2) is 0 Å². The van der Waals surface area contributed by atoms with Crippen molar-refractivity contribution < 1.29 is 14.7 Å². The molecule has 0 aliphatic heterocycles. The third-order valence-corrected chi connectivity index (χ3v) is 3.59. The number of carbonyl (C=O) groups is 2. The molecule has 0 spiro atoms. The van der Waals surface area contributed by atoms with Crippen LogP contribution in [0.2, 0.25) is 0 Å². The monoisotopic (exact) mass is 243 g/mol. The Hall–Kier alpha value is -1.06. The van der Waals surface area contributed by atoms with Gasteiger partial charge in [-0.05, 0) is 25.7 Å². The van der Waals surface area contributed by atoms with Crippen molar-refractivity contribution in [1.29, 1.82) is 0 Å². The molecule has 2 N–H and O–H groups in total. The van der Waals surface area contributed by atoms with Crippen LogP contribution >= 0.6 is 0 Å². The average molecular weight is 243 g/mol. The van der Waals surface area contributed by atoms with Gasteiger partial charge < -0.3 is 10.4 Å². The van der Waals surface area contributed by atoms with Gasteiger partial charge in [0.15, 0.2) is 0 Å². The van der Waals surface area contributed by atoms with Gasteiger partial charge in [-0.2, -0.15) is 0 Å². The van der Waals surface area contributed by atoms with Crippen LogP contribution in [0.1, 0.15) is 59.8 Å². The second kappa shape index (κ2) is 7.30. The van der Waals surface area contributed by atoms with Crippen LogP contribution in [0.4, 0.5) is 0 Å². The Bertz CT molecular complexity index is 255. The molecule has 0 aromatic carbocycles. The van der Waals surface area contributed by atoms with Crippen molar-refractivity contribution in [2.45, 2.75) is 65.3 Å². The molecule has 0 saturated carbocycles. The maximum Gasteiger partial charge on any atom is 0.305 e. The molecular weight excluding hydrogens is 218 g/mol. The van der Waals surface area contributed by atoms with Crippen molar-refractivity contribution in [3.8, 4) is 0 Å². The number of amides is 1. The fraction of sp³-hybridized carbons (Fsp3) is 0.846. The Balaban J connectivity index is 4.74. The minimum atomic E-state index is -0.862. The lowest BCUT2D eigenvalue weighted by Gasteiger charge is -2.33. The Morgan fingerprint density at radius 2 is 1.59 bits per heavy atom. The maximum absolute atomic E-state index is 12.0. The summed E-state index contributed by atoms with van der Waals surface area (Å²) in [5.41, 5.74) is -0.592. The highest BCUT2D eigenvalue weighted by molar-refractivity contribution is 5.80. The summed E-state index contributed by atoms with van der Waals surface area (Å²) in [6, 6.07) is 0. The van der Waals surface area contributed by atoms with Crippen LogP contribution in [0.3, 0.4) is 0 Å². The zero-order chi connectivity index (χ0) is 13.5. The highest BCUT2D eigenvalue weighted by atomic mass is 16.4. The van der Waals surface area contributed by atoms with E-state index < -0.39 is 11.5 Å². The summed E-state index contributed by atoms with van der Waals surface area (Å²) in [5, 5.41) is 11.9. The summed E-state index contributed by atoms with van der Waals surface area (Å²) in [6.45, 7) is 7.79. The molecule has 0 aliphatic carbocycles. The third kappa shape index (κ3) is 4.75. The van der Waals surface area contributed by atoms with E-state index in [1.165, 1.54) is 0 Å². The van der Waals surface area contributed by atoms with Gasteiger partial charge in [-0.3, -0.25) is 9.59 Å². The van der Waals surface area contributed by atoms with Crippen LogP contribution in [0.25, 0.3) is 0 Å². The molecule has 0 heterocycles. The molecule has 0 saturated heterocycles. The molecule has 0 rings (SSSR count). The summed E-state index contributed by atoms with van der Waals surface area (Å²) in [5.74, 6) is -0.889. The van der Waals surface area contributed by atoms with Crippen LogP contribution in [-0.4, -0.2) is 22.5 Å². The van der Waals surface area contributed by atoms with Crippen LogP contribution < -0.4 is 5.32 Å². The van der Waals surface area contributed by atoms with Crippen molar-refractivity contribution in [1.82, 2.24) is 5.32 Å². The van der Waals surface area contributed by atoms with Crippen LogP contribution in [0.15, 0.2) is 0 Å². The minimum Gasteiger partial charge on any atom is -0.481 e. The molecule has 100 valence electrons. The van der Waals surface area contributed by atoms with Gasteiger partial charge in [0, 0.05) is 11.5 Å². The van der Waals surface area contributed by atoms with E-state index >= 15 is 0 Å². The predicted octanol–water partition coefficient (Wildman–Crippen LogP) is 2.57. The number of hydrogen-bond donors (Lipinski definition) is 2. The molecule has 0 aromatic rings. The van der Waals surface area contributed by atoms with Crippen molar-refractivity contribution in [3.63, 3.8) is 0 Å². The van der Waals surface area contributed by atoms with E-state index in [-0.39, 0.29) is 18.2 Å². The van der Waals surface area contributed by atoms with Gasteiger partial charge in [0.1, 0.15) is 0 Å². The van der Waals surface area contributed by atoms with Crippen molar-refractivity contribution >= 4 is 11.9 Å². The lowest BCUT2D eigenvalue weighted by molar-refractivity contribution is -0.139. The summed E-state index contributed by atoms with van der Waals surface area (Å²) in [7, 11) is 0. The minimum absolute atomic E-state index is 0.00805. The van der Waals surface area contributed by atoms with E-state index in [1.54, 1.807) is 0 Å². The van der Waals surface area contributed by atoms with Gasteiger partial charge in [-0.15, -0.1) is 0 Å². The Morgan fingerprint density at radius 3 is 1.88 bits per heavy atom. The van der Waals surface area contributed by atoms with Gasteiger partial charge in [0.2, 0.25) is 5.91 Å². The molecule has 0 radical (unpaired) electrons. The number of carbonyl (C=O) groups excluding carboxylic acids is 1. The molecule has 4 heteroatoms. The Kier molecular flexibility index (Phi) is 6.85. The summed E-state index contributed by atoms with van der Waals surface area (Å²) in [4.78, 5) is 22.9. The Labute approximate surface area is 104 Å². The molecule has 17 heavy (non-hydrogen) atoms. The van der Waals surface area contributed by atoms with E-state index in [1.807, 2.05) is 27.7 Å². The first-order valence-electron chi connectivity index (χ1n) is 6.48. The molecule has 1 amide bonds. The third-order valence-electron chi connectivity index (χ3n) is 3.59. The SMILES string of the molecule is CCC(CC)C(=O)NC(CC)(CC)CC(=O)O. The molecule has 0 atom stereocenters. The van der Waals surface area contributed by atoms with Crippen LogP contribution in [-0.2, 0) is 9.59 Å². The van der Waals surface area contributed by atoms with E-state index in [0.29, 0.717) is 12.8 Å². The smallest absolute Gasteiger partial charge is 0.305 e. The lowest BCUT2D eigenvalue weighted by atomic mass is 9.87. The van der Waals surface area contributed by atoms with Crippen molar-refractivity contribution in [3.05, 3.63) is 0 Å². The van der Waals surface area contributed by atoms with Gasteiger partial charge in [0.05, 0.1) is 6.42 Å². The van der Waals surface area contributed by atoms with Crippen LogP contribution in [0, 0.1) is 5.92 Å². The van der Waals surface area contributed by atoms with Gasteiger partial charge in [0.25, 0.3) is 0 Å². The number of rotatable bonds is 8. The largest absolute Gasteiger partial charge is 0.481 e. The molecule has 0 bridgehead atoms. The number of carboxylic acids is 1. The first-order valence-corrected chi connectivity index (χ1v) is 6.48. The van der Waals surface area contributed by atoms with Gasteiger partial charge >= 0.3 is 5.97 Å². The fourth-order valence-electron chi connectivity index (χ4n) is 2.03. The average Bonchev–Trinajstić information content (AvgIpc) is 2.29. The highest BCUT2D eigenvalue weighted by Crippen LogP contribution is 2.21. The first-order chi connectivity index (χ1) is 7.94. The second-order valence-electron chi connectivity index (χ2n) is 4.56. The molecule has 0 aromatic heterocycles. The number of nitrogens with one attached hydrogen (secondary N) is 1. The summed E-state index contributed by atoms with van der Waals surface area (Å²) >= 11 is 0. The topological polar surface area (TPSA) is 66.4 Å². The quantitative estimate of drug-likeness (QED) is 0.688. The standard InChI is InChI=1S/C13H25NO3/c1-5-10(6-2)12(17)14-13(7-3,8-4)9-11(15)16/h10H,5-9H2,1-4H3,(H,14,17)(H,15,16). The summed E-state index contributed by atoms with van der Waals surface area (Å²) in [6.07, 6.45) is 2.85. The molecule has 0 fully saturated rings. The molecule has 0 aliphatic rings. The van der Waals surface area contributed by atoms with E-state index in [0.717, 1.165) is 12.8 Å². The predicted molar refractivity (Wildman–Crippen MR) is 67.8 cm³/mol. The fourth-order valence-corrected chi connectivity index (χ4v) is 2.03. The molecular formula is C13H25NO3. The van der Waals surface area contributed by atoms with E-state index in [9.17, 15) is 9.59 Å². The lowest BCUT2D eigenvalue weighted by Crippen LogP contribution is -2.50. The second-order valence-corrected chi connectivity index (χ2v) is 4.56. The van der Waals surface area contributed by atoms with Crippen LogP contribution in [0.5, 0.6) is 0 Å². The van der Waals surface area contributed by atoms with E-state index in [2.05, 4.69) is 5.32 Å². The van der Waals surface area contributed by atoms with Gasteiger partial charge in [-0.1, -0.05) is 27.7 Å². The molecule has 0 unspecified atom stereocenters. The number of carboxylic acid groups (broad SMARTS) is 1. The zero-order valence-corrected chi connectivity index (χ0v) is 11.4. The summed E-state index contributed by atoms with van der Waals surface area (Å²) < 4.78 is 0. The highest BCUT2D eigenvalue weighted by Gasteiger charge is 2.32. The van der Waals surface area contributed by atoms with Crippen molar-refractivity contribution in [2.24, 2.45) is 5.92 Å². The zero-order valence-electron chi connectivity index (χ0n) is 11.4. The van der Waals surface area contributed by atoms with E-state index in [4.69, 9.17) is 5.11 Å². The first kappa shape index (κ1) is 15.9. The molecule has 4 nitrogen and oxygen atoms in total. The Morgan fingerprint density at radius 1 is 1.12 bits per heavy atom. The number of aliphatic carboxylic acids is 1. The number of hydrogen-bond acceptors (Lipinski definition) is 2. The van der Waals surface area contributed by atoms with Crippen molar-refractivity contribution in [2.75, 3.05) is 0 Å².